The van der Waals surface area contributed by atoms with Crippen LogP contribution in [0.2, 0.25) is 0 Å². The van der Waals surface area contributed by atoms with E-state index in [2.05, 4.69) is 68.5 Å². The molecule has 1 N–H and O–H groups in total. The van der Waals surface area contributed by atoms with Gasteiger partial charge in [-0.15, -0.1) is 0 Å². The third kappa shape index (κ3) is 3.90. The fraction of sp³-hybridized carbons (Fsp3) is 0.143. The van der Waals surface area contributed by atoms with E-state index in [9.17, 15) is 0 Å². The van der Waals surface area contributed by atoms with E-state index in [4.69, 9.17) is 0 Å². The van der Waals surface area contributed by atoms with Gasteiger partial charge in [0.1, 0.15) is 0 Å². The fourth-order valence-corrected chi connectivity index (χ4v) is 2.99. The van der Waals surface area contributed by atoms with E-state index in [-0.39, 0.29) is 0 Å². The van der Waals surface area contributed by atoms with Crippen LogP contribution in [-0.4, -0.2) is 19.3 Å². The fourth-order valence-electron chi connectivity index (χ4n) is 2.99. The molecule has 5 nitrogen and oxygen atoms in total. The number of imidazole rings is 1. The molecule has 0 saturated heterocycles. The van der Waals surface area contributed by atoms with Crippen molar-refractivity contribution in [1.82, 2.24) is 24.6 Å². The molecule has 2 aromatic heterocycles. The van der Waals surface area contributed by atoms with Crippen molar-refractivity contribution >= 4 is 0 Å². The molecule has 4 rings (SSSR count). The quantitative estimate of drug-likeness (QED) is 0.559. The highest BCUT2D eigenvalue weighted by molar-refractivity contribution is 5.34. The number of benzene rings is 2. The van der Waals surface area contributed by atoms with Crippen LogP contribution in [0.1, 0.15) is 16.7 Å². The zero-order valence-corrected chi connectivity index (χ0v) is 14.5. The molecule has 0 aliphatic heterocycles. The minimum atomic E-state index is 0.832. The van der Waals surface area contributed by atoms with E-state index in [1.54, 1.807) is 6.20 Å². The molecule has 0 aliphatic rings. The van der Waals surface area contributed by atoms with Crippen molar-refractivity contribution in [3.05, 3.63) is 102 Å². The third-order valence-electron chi connectivity index (χ3n) is 4.38. The Morgan fingerprint density at radius 1 is 0.808 bits per heavy atom. The zero-order valence-electron chi connectivity index (χ0n) is 14.5. The second kappa shape index (κ2) is 7.80. The van der Waals surface area contributed by atoms with Crippen LogP contribution in [-0.2, 0) is 19.6 Å². The molecule has 4 aromatic rings. The maximum atomic E-state index is 4.25. The number of nitrogens with one attached hydrogen (secondary N) is 1. The minimum Gasteiger partial charge on any atom is -0.333 e. The van der Waals surface area contributed by atoms with E-state index in [1.807, 2.05) is 35.7 Å². The molecule has 5 heteroatoms. The first kappa shape index (κ1) is 16.3. The number of rotatable bonds is 7. The molecular formula is C21H21N5. The predicted molar refractivity (Wildman–Crippen MR) is 102 cm³/mol. The molecule has 0 atom stereocenters. The first-order valence-corrected chi connectivity index (χ1v) is 8.71. The maximum Gasteiger partial charge on any atom is 0.0949 e. The van der Waals surface area contributed by atoms with Crippen LogP contribution in [0.15, 0.2) is 85.7 Å². The van der Waals surface area contributed by atoms with Crippen molar-refractivity contribution in [1.29, 1.82) is 0 Å². The monoisotopic (exact) mass is 343 g/mol. The molecule has 130 valence electrons. The minimum absolute atomic E-state index is 0.832. The summed E-state index contributed by atoms with van der Waals surface area (Å²) < 4.78 is 3.95. The predicted octanol–water partition coefficient (Wildman–Crippen LogP) is 3.41. The second-order valence-electron chi connectivity index (χ2n) is 6.22. The molecular weight excluding hydrogens is 322 g/mol. The number of hydrogen-bond donors (Lipinski definition) is 1. The Balaban J connectivity index is 1.36. The summed E-state index contributed by atoms with van der Waals surface area (Å²) in [4.78, 5) is 4.12. The van der Waals surface area contributed by atoms with Gasteiger partial charge in [0, 0.05) is 44.4 Å². The Labute approximate surface area is 152 Å². The van der Waals surface area contributed by atoms with Crippen molar-refractivity contribution in [3.8, 4) is 5.69 Å². The Kier molecular flexibility index (Phi) is 4.89. The molecule has 0 saturated carbocycles. The molecule has 0 unspecified atom stereocenters. The molecule has 0 fully saturated rings. The van der Waals surface area contributed by atoms with Gasteiger partial charge in [0.2, 0.25) is 0 Å². The molecule has 2 aromatic carbocycles. The van der Waals surface area contributed by atoms with E-state index >= 15 is 0 Å². The normalized spacial score (nSPS) is 10.9. The highest BCUT2D eigenvalue weighted by Gasteiger charge is 2.03. The standard InChI is InChI=1S/C21H21N5/c1-2-5-20(16-25-13-11-22-17-25)19(4-1)15-23-14-18-6-8-21(9-7-18)26-12-3-10-24-26/h1-13,17,23H,14-16H2. The summed E-state index contributed by atoms with van der Waals surface area (Å²) >= 11 is 0. The van der Waals surface area contributed by atoms with Crippen LogP contribution in [0.25, 0.3) is 5.69 Å². The van der Waals surface area contributed by atoms with Crippen molar-refractivity contribution in [2.75, 3.05) is 0 Å². The lowest BCUT2D eigenvalue weighted by molar-refractivity contribution is 0.680. The summed E-state index contributed by atoms with van der Waals surface area (Å²) in [5.74, 6) is 0. The molecule has 0 amide bonds. The first-order chi connectivity index (χ1) is 12.9. The molecule has 2 heterocycles. The van der Waals surface area contributed by atoms with Crippen molar-refractivity contribution in [3.63, 3.8) is 0 Å². The zero-order chi connectivity index (χ0) is 17.6. The number of aromatic nitrogens is 4. The van der Waals surface area contributed by atoms with Crippen LogP contribution < -0.4 is 5.32 Å². The highest BCUT2D eigenvalue weighted by Crippen LogP contribution is 2.12. The van der Waals surface area contributed by atoms with Crippen LogP contribution in [0.4, 0.5) is 0 Å². The van der Waals surface area contributed by atoms with Crippen molar-refractivity contribution in [2.24, 2.45) is 0 Å². The smallest absolute Gasteiger partial charge is 0.0949 e. The summed E-state index contributed by atoms with van der Waals surface area (Å²) in [6, 6.07) is 18.9. The molecule has 0 bridgehead atoms. The lowest BCUT2D eigenvalue weighted by atomic mass is 10.1. The number of nitrogens with zero attached hydrogens (tertiary/aromatic N) is 4. The largest absolute Gasteiger partial charge is 0.333 e. The average molecular weight is 343 g/mol. The lowest BCUT2D eigenvalue weighted by Crippen LogP contribution is -2.14. The molecule has 0 aliphatic carbocycles. The van der Waals surface area contributed by atoms with Crippen LogP contribution in [0.3, 0.4) is 0 Å². The van der Waals surface area contributed by atoms with Gasteiger partial charge in [0.05, 0.1) is 12.0 Å². The maximum absolute atomic E-state index is 4.25. The van der Waals surface area contributed by atoms with Crippen LogP contribution in [0.5, 0.6) is 0 Å². The summed E-state index contributed by atoms with van der Waals surface area (Å²) in [6.07, 6.45) is 9.39. The molecule has 0 spiro atoms. The Morgan fingerprint density at radius 3 is 2.38 bits per heavy atom. The summed E-state index contributed by atoms with van der Waals surface area (Å²) in [5.41, 5.74) is 4.96. The van der Waals surface area contributed by atoms with E-state index < -0.39 is 0 Å². The molecule has 0 radical (unpaired) electrons. The van der Waals surface area contributed by atoms with Gasteiger partial charge in [-0.2, -0.15) is 5.10 Å². The number of hydrogen-bond acceptors (Lipinski definition) is 3. The molecule has 26 heavy (non-hydrogen) atoms. The van der Waals surface area contributed by atoms with Crippen molar-refractivity contribution in [2.45, 2.75) is 19.6 Å². The third-order valence-corrected chi connectivity index (χ3v) is 4.38. The van der Waals surface area contributed by atoms with E-state index in [0.717, 1.165) is 25.3 Å². The van der Waals surface area contributed by atoms with E-state index in [0.29, 0.717) is 0 Å². The van der Waals surface area contributed by atoms with Gasteiger partial charge in [0.25, 0.3) is 0 Å². The van der Waals surface area contributed by atoms with Gasteiger partial charge in [0.15, 0.2) is 0 Å². The summed E-state index contributed by atoms with van der Waals surface area (Å²) in [6.45, 7) is 2.51. The SMILES string of the molecule is c1ccc(Cn2ccnc2)c(CNCc2ccc(-n3cccn3)cc2)c1. The second-order valence-corrected chi connectivity index (χ2v) is 6.22. The van der Waals surface area contributed by atoms with Crippen LogP contribution >= 0.6 is 0 Å². The van der Waals surface area contributed by atoms with Gasteiger partial charge < -0.3 is 9.88 Å². The first-order valence-electron chi connectivity index (χ1n) is 8.71. The lowest BCUT2D eigenvalue weighted by Gasteiger charge is -2.11. The van der Waals surface area contributed by atoms with Gasteiger partial charge in [-0.1, -0.05) is 36.4 Å². The van der Waals surface area contributed by atoms with E-state index in [1.165, 1.54) is 16.7 Å². The summed E-state index contributed by atoms with van der Waals surface area (Å²) in [5, 5.41) is 7.80. The van der Waals surface area contributed by atoms with Gasteiger partial charge in [-0.3, -0.25) is 0 Å². The highest BCUT2D eigenvalue weighted by atomic mass is 15.3. The Morgan fingerprint density at radius 2 is 1.65 bits per heavy atom. The van der Waals surface area contributed by atoms with Crippen molar-refractivity contribution < 1.29 is 0 Å². The van der Waals surface area contributed by atoms with Gasteiger partial charge >= 0.3 is 0 Å². The van der Waals surface area contributed by atoms with Gasteiger partial charge in [-0.25, -0.2) is 9.67 Å². The topological polar surface area (TPSA) is 47.7 Å². The Hall–Kier alpha value is -3.18. The Bertz CT molecular complexity index is 925. The summed E-state index contributed by atoms with van der Waals surface area (Å²) in [7, 11) is 0. The average Bonchev–Trinajstić information content (AvgIpc) is 3.38. The van der Waals surface area contributed by atoms with Crippen LogP contribution in [0, 0.1) is 0 Å². The van der Waals surface area contributed by atoms with Gasteiger partial charge in [-0.05, 0) is 34.9 Å².